The number of nitrogens with zero attached hydrogens (tertiary/aromatic N) is 2. The second-order valence-corrected chi connectivity index (χ2v) is 4.01. The summed E-state index contributed by atoms with van der Waals surface area (Å²) in [6.45, 7) is 1.82. The van der Waals surface area contributed by atoms with Crippen LogP contribution in [0.5, 0.6) is 11.5 Å². The number of pyridine rings is 1. The summed E-state index contributed by atoms with van der Waals surface area (Å²) < 4.78 is 10.5. The molecule has 2 aromatic rings. The predicted octanol–water partition coefficient (Wildman–Crippen LogP) is 2.95. The van der Waals surface area contributed by atoms with Gasteiger partial charge in [-0.15, -0.1) is 0 Å². The van der Waals surface area contributed by atoms with E-state index >= 15 is 0 Å². The van der Waals surface area contributed by atoms with Crippen molar-refractivity contribution in [3.05, 3.63) is 41.6 Å². The maximum atomic E-state index is 8.90. The van der Waals surface area contributed by atoms with Gasteiger partial charge in [-0.05, 0) is 37.3 Å². The Bertz CT molecular complexity index is 645. The Hall–Kier alpha value is -2.54. The minimum absolute atomic E-state index is 0.587. The minimum atomic E-state index is 0.587. The summed E-state index contributed by atoms with van der Waals surface area (Å²) in [5.74, 6) is 1.33. The first kappa shape index (κ1) is 12.9. The Morgan fingerprint density at radius 2 is 1.79 bits per heavy atom. The van der Waals surface area contributed by atoms with Gasteiger partial charge in [-0.2, -0.15) is 5.26 Å². The molecule has 0 aliphatic rings. The lowest BCUT2D eigenvalue weighted by Gasteiger charge is -2.09. The van der Waals surface area contributed by atoms with Crippen molar-refractivity contribution in [1.82, 2.24) is 4.98 Å². The molecule has 0 saturated carbocycles. The van der Waals surface area contributed by atoms with Crippen molar-refractivity contribution in [2.75, 3.05) is 14.2 Å². The molecule has 0 saturated heterocycles. The summed E-state index contributed by atoms with van der Waals surface area (Å²) in [6.07, 6.45) is 0. The average Bonchev–Trinajstić information content (AvgIpc) is 2.46. The summed E-state index contributed by atoms with van der Waals surface area (Å²) in [5.41, 5.74) is 3.03. The van der Waals surface area contributed by atoms with Gasteiger partial charge in [0, 0.05) is 5.56 Å². The predicted molar refractivity (Wildman–Crippen MR) is 72.2 cm³/mol. The number of hydrogen-bond acceptors (Lipinski definition) is 4. The molecule has 0 radical (unpaired) electrons. The average molecular weight is 254 g/mol. The normalized spacial score (nSPS) is 9.79. The lowest BCUT2D eigenvalue weighted by Crippen LogP contribution is -1.93. The molecular weight excluding hydrogens is 240 g/mol. The molecule has 2 rings (SSSR count). The molecule has 1 heterocycles. The van der Waals surface area contributed by atoms with Crippen LogP contribution in [0.15, 0.2) is 30.3 Å². The molecular formula is C15H14N2O2. The van der Waals surface area contributed by atoms with Crippen LogP contribution < -0.4 is 9.47 Å². The first-order valence-corrected chi connectivity index (χ1v) is 5.79. The molecule has 0 fully saturated rings. The Labute approximate surface area is 112 Å². The summed E-state index contributed by atoms with van der Waals surface area (Å²) in [5, 5.41) is 8.90. The lowest BCUT2D eigenvalue weighted by molar-refractivity contribution is 0.355. The summed E-state index contributed by atoms with van der Waals surface area (Å²) in [7, 11) is 3.20. The van der Waals surface area contributed by atoms with E-state index in [4.69, 9.17) is 14.7 Å². The molecule has 19 heavy (non-hydrogen) atoms. The smallest absolute Gasteiger partial charge is 0.161 e. The first-order valence-electron chi connectivity index (χ1n) is 5.79. The number of nitriles is 1. The molecule has 0 bridgehead atoms. The highest BCUT2D eigenvalue weighted by molar-refractivity contribution is 5.64. The fraction of sp³-hybridized carbons (Fsp3) is 0.200. The van der Waals surface area contributed by atoms with Gasteiger partial charge in [0.1, 0.15) is 6.07 Å². The van der Waals surface area contributed by atoms with Gasteiger partial charge in [-0.25, -0.2) is 0 Å². The van der Waals surface area contributed by atoms with Crippen molar-refractivity contribution in [1.29, 1.82) is 5.26 Å². The van der Waals surface area contributed by atoms with E-state index in [1.807, 2.05) is 31.2 Å². The molecule has 96 valence electrons. The van der Waals surface area contributed by atoms with E-state index in [0.717, 1.165) is 17.0 Å². The molecule has 0 spiro atoms. The Kier molecular flexibility index (Phi) is 3.67. The monoisotopic (exact) mass is 254 g/mol. The number of ether oxygens (including phenoxy) is 2. The second kappa shape index (κ2) is 5.40. The highest BCUT2D eigenvalue weighted by Crippen LogP contribution is 2.31. The van der Waals surface area contributed by atoms with Crippen molar-refractivity contribution in [2.45, 2.75) is 6.92 Å². The molecule has 0 atom stereocenters. The maximum absolute atomic E-state index is 8.90. The zero-order valence-electron chi connectivity index (χ0n) is 11.1. The molecule has 4 nitrogen and oxygen atoms in total. The van der Waals surface area contributed by atoms with Crippen LogP contribution in [0.2, 0.25) is 0 Å². The van der Waals surface area contributed by atoms with Gasteiger partial charge < -0.3 is 9.47 Å². The molecule has 0 N–H and O–H groups in total. The molecule has 1 aromatic heterocycles. The largest absolute Gasteiger partial charge is 0.493 e. The van der Waals surface area contributed by atoms with E-state index in [1.54, 1.807) is 20.3 Å². The zero-order chi connectivity index (χ0) is 13.8. The number of aromatic nitrogens is 1. The number of methoxy groups -OCH3 is 2. The molecule has 1 aromatic carbocycles. The van der Waals surface area contributed by atoms with Gasteiger partial charge in [0.05, 0.1) is 31.2 Å². The Morgan fingerprint density at radius 3 is 2.37 bits per heavy atom. The lowest BCUT2D eigenvalue weighted by atomic mass is 10.1. The molecule has 0 amide bonds. The zero-order valence-corrected chi connectivity index (χ0v) is 11.1. The number of aryl methyl sites for hydroxylation is 1. The van der Waals surface area contributed by atoms with Crippen LogP contribution in [0.4, 0.5) is 0 Å². The summed E-state index contributed by atoms with van der Waals surface area (Å²) in [4.78, 5) is 4.43. The molecule has 4 heteroatoms. The van der Waals surface area contributed by atoms with Crippen LogP contribution in [0, 0.1) is 18.3 Å². The van der Waals surface area contributed by atoms with Crippen molar-refractivity contribution >= 4 is 0 Å². The minimum Gasteiger partial charge on any atom is -0.493 e. The SMILES string of the molecule is COc1ccc(-c2ccc(C#N)c(C)n2)cc1OC. The fourth-order valence-corrected chi connectivity index (χ4v) is 1.84. The molecule has 0 aliphatic carbocycles. The summed E-state index contributed by atoms with van der Waals surface area (Å²) >= 11 is 0. The van der Waals surface area contributed by atoms with Crippen LogP contribution in [0.3, 0.4) is 0 Å². The van der Waals surface area contributed by atoms with Gasteiger partial charge >= 0.3 is 0 Å². The number of hydrogen-bond donors (Lipinski definition) is 0. The third-order valence-electron chi connectivity index (χ3n) is 2.89. The van der Waals surface area contributed by atoms with E-state index in [2.05, 4.69) is 11.1 Å². The quantitative estimate of drug-likeness (QED) is 0.845. The number of rotatable bonds is 3. The number of benzene rings is 1. The van der Waals surface area contributed by atoms with Gasteiger partial charge in [-0.1, -0.05) is 0 Å². The van der Waals surface area contributed by atoms with Crippen LogP contribution in [0.1, 0.15) is 11.3 Å². The molecule has 0 unspecified atom stereocenters. The topological polar surface area (TPSA) is 55.1 Å². The van der Waals surface area contributed by atoms with E-state index in [1.165, 1.54) is 0 Å². The highest BCUT2D eigenvalue weighted by Gasteiger charge is 2.08. The van der Waals surface area contributed by atoms with Crippen molar-refractivity contribution in [3.63, 3.8) is 0 Å². The van der Waals surface area contributed by atoms with E-state index in [0.29, 0.717) is 17.1 Å². The Balaban J connectivity index is 2.48. The Morgan fingerprint density at radius 1 is 1.05 bits per heavy atom. The van der Waals surface area contributed by atoms with E-state index < -0.39 is 0 Å². The van der Waals surface area contributed by atoms with E-state index in [9.17, 15) is 0 Å². The van der Waals surface area contributed by atoms with Crippen LogP contribution in [-0.2, 0) is 0 Å². The highest BCUT2D eigenvalue weighted by atomic mass is 16.5. The van der Waals surface area contributed by atoms with Crippen molar-refractivity contribution in [2.24, 2.45) is 0 Å². The van der Waals surface area contributed by atoms with Crippen molar-refractivity contribution in [3.8, 4) is 28.8 Å². The third-order valence-corrected chi connectivity index (χ3v) is 2.89. The standard InChI is InChI=1S/C15H14N2O2/c1-10-12(9-16)4-6-13(17-10)11-5-7-14(18-2)15(8-11)19-3/h4-8H,1-3H3. The van der Waals surface area contributed by atoms with Gasteiger partial charge in [0.2, 0.25) is 0 Å². The van der Waals surface area contributed by atoms with Crippen molar-refractivity contribution < 1.29 is 9.47 Å². The van der Waals surface area contributed by atoms with Gasteiger partial charge in [0.25, 0.3) is 0 Å². The summed E-state index contributed by atoms with van der Waals surface area (Å²) in [6, 6.07) is 11.3. The fourth-order valence-electron chi connectivity index (χ4n) is 1.84. The first-order chi connectivity index (χ1) is 9.19. The van der Waals surface area contributed by atoms with Crippen LogP contribution in [0.25, 0.3) is 11.3 Å². The van der Waals surface area contributed by atoms with E-state index in [-0.39, 0.29) is 0 Å². The second-order valence-electron chi connectivity index (χ2n) is 4.01. The maximum Gasteiger partial charge on any atom is 0.161 e. The molecule has 0 aliphatic heterocycles. The van der Waals surface area contributed by atoms with Crippen LogP contribution in [-0.4, -0.2) is 19.2 Å². The van der Waals surface area contributed by atoms with Crippen LogP contribution >= 0.6 is 0 Å². The third kappa shape index (κ3) is 2.50. The van der Waals surface area contributed by atoms with Gasteiger partial charge in [-0.3, -0.25) is 4.98 Å². The van der Waals surface area contributed by atoms with Gasteiger partial charge in [0.15, 0.2) is 11.5 Å².